The monoisotopic (exact) mass is 707 g/mol. The number of ether oxygens (including phenoxy) is 5. The number of carbonyl (C=O) groups is 2. The van der Waals surface area contributed by atoms with Crippen molar-refractivity contribution in [3.05, 3.63) is 120 Å². The van der Waals surface area contributed by atoms with Crippen molar-refractivity contribution < 1.29 is 33.3 Å². The molecule has 0 aliphatic carbocycles. The number of para-hydroxylation sites is 1. The van der Waals surface area contributed by atoms with Gasteiger partial charge in [-0.2, -0.15) is 0 Å². The summed E-state index contributed by atoms with van der Waals surface area (Å²) < 4.78 is 29.4. The maximum atomic E-state index is 13.9. The number of rotatable bonds is 15. The van der Waals surface area contributed by atoms with Crippen LogP contribution in [0.25, 0.3) is 0 Å². The minimum atomic E-state index is -0.420. The summed E-state index contributed by atoms with van der Waals surface area (Å²) in [4.78, 5) is 31.1. The average Bonchev–Trinajstić information content (AvgIpc) is 3.19. The van der Waals surface area contributed by atoms with Gasteiger partial charge in [0.05, 0.1) is 38.6 Å². The van der Waals surface area contributed by atoms with E-state index < -0.39 is 6.09 Å². The number of amides is 2. The van der Waals surface area contributed by atoms with Crippen LogP contribution < -0.4 is 19.7 Å². The van der Waals surface area contributed by atoms with E-state index in [1.807, 2.05) is 84.9 Å². The van der Waals surface area contributed by atoms with Crippen LogP contribution in [-0.4, -0.2) is 76.1 Å². The molecule has 3 atom stereocenters. The molecular formula is C42H49N3O7. The van der Waals surface area contributed by atoms with Crippen molar-refractivity contribution in [1.82, 2.24) is 4.90 Å². The highest BCUT2D eigenvalue weighted by Crippen LogP contribution is 2.38. The van der Waals surface area contributed by atoms with Crippen LogP contribution in [0.1, 0.15) is 48.3 Å². The Balaban J connectivity index is 1.22. The van der Waals surface area contributed by atoms with E-state index in [1.54, 1.807) is 19.1 Å². The number of nitrogens with zero attached hydrogens (tertiary/aromatic N) is 2. The number of likely N-dealkylation sites (tertiary alicyclic amines) is 1. The molecule has 2 aliphatic rings. The SMILES string of the molecule is COCCCN1CCOc2ccc(CO[C@H]3CN(C(=O)OCc4ccccc4)[C@H](CCC(=O)Nc4ccccc4)C[C@@H]3c3ccc(OC)cc3)cc21. The number of benzene rings is 4. The van der Waals surface area contributed by atoms with Gasteiger partial charge < -0.3 is 38.8 Å². The zero-order valence-corrected chi connectivity index (χ0v) is 30.1. The summed E-state index contributed by atoms with van der Waals surface area (Å²) in [6, 6.07) is 33.1. The first-order valence-electron chi connectivity index (χ1n) is 18.1. The Labute approximate surface area is 306 Å². The molecule has 0 spiro atoms. The van der Waals surface area contributed by atoms with Crippen molar-refractivity contribution in [3.63, 3.8) is 0 Å². The van der Waals surface area contributed by atoms with Gasteiger partial charge in [0.25, 0.3) is 0 Å². The van der Waals surface area contributed by atoms with Gasteiger partial charge in [-0.05, 0) is 72.4 Å². The molecule has 10 nitrogen and oxygen atoms in total. The third-order valence-electron chi connectivity index (χ3n) is 9.76. The molecule has 0 saturated carbocycles. The highest BCUT2D eigenvalue weighted by Gasteiger charge is 2.40. The Bertz CT molecular complexity index is 1720. The van der Waals surface area contributed by atoms with Crippen molar-refractivity contribution in [2.75, 3.05) is 57.3 Å². The molecule has 4 aromatic rings. The lowest BCUT2D eigenvalue weighted by Crippen LogP contribution is -2.52. The van der Waals surface area contributed by atoms with Crippen LogP contribution in [0.5, 0.6) is 11.5 Å². The molecule has 2 aliphatic heterocycles. The Kier molecular flexibility index (Phi) is 13.0. The summed E-state index contributed by atoms with van der Waals surface area (Å²) in [5, 5.41) is 2.98. The molecule has 2 heterocycles. The number of hydrogen-bond donors (Lipinski definition) is 1. The topological polar surface area (TPSA) is 98.8 Å². The fraction of sp³-hybridized carbons (Fsp3) is 0.381. The Hall–Kier alpha value is -5.06. The van der Waals surface area contributed by atoms with Crippen LogP contribution in [0.4, 0.5) is 16.2 Å². The van der Waals surface area contributed by atoms with Gasteiger partial charge in [-0.1, -0.05) is 66.7 Å². The number of nitrogens with one attached hydrogen (secondary N) is 1. The van der Waals surface area contributed by atoms with E-state index >= 15 is 0 Å². The molecule has 1 saturated heterocycles. The number of hydrogen-bond acceptors (Lipinski definition) is 8. The maximum Gasteiger partial charge on any atom is 0.410 e. The van der Waals surface area contributed by atoms with E-state index in [-0.39, 0.29) is 37.0 Å². The van der Waals surface area contributed by atoms with Gasteiger partial charge in [0.1, 0.15) is 24.7 Å². The third-order valence-corrected chi connectivity index (χ3v) is 9.76. The minimum Gasteiger partial charge on any atom is -0.497 e. The molecule has 2 amide bonds. The Morgan fingerprint density at radius 1 is 0.885 bits per heavy atom. The predicted molar refractivity (Wildman–Crippen MR) is 201 cm³/mol. The van der Waals surface area contributed by atoms with E-state index in [0.29, 0.717) is 39.2 Å². The van der Waals surface area contributed by atoms with Crippen molar-refractivity contribution in [2.24, 2.45) is 0 Å². The zero-order chi connectivity index (χ0) is 36.1. The third kappa shape index (κ3) is 9.83. The molecule has 0 unspecified atom stereocenters. The second-order valence-corrected chi connectivity index (χ2v) is 13.2. The van der Waals surface area contributed by atoms with Gasteiger partial charge in [-0.15, -0.1) is 0 Å². The van der Waals surface area contributed by atoms with Crippen LogP contribution in [0.2, 0.25) is 0 Å². The fourth-order valence-corrected chi connectivity index (χ4v) is 7.00. The van der Waals surface area contributed by atoms with Crippen molar-refractivity contribution in [1.29, 1.82) is 0 Å². The summed E-state index contributed by atoms with van der Waals surface area (Å²) in [7, 11) is 3.38. The largest absolute Gasteiger partial charge is 0.497 e. The zero-order valence-electron chi connectivity index (χ0n) is 30.1. The minimum absolute atomic E-state index is 0.0437. The molecule has 6 rings (SSSR count). The second kappa shape index (κ2) is 18.4. The van der Waals surface area contributed by atoms with E-state index in [1.165, 1.54) is 0 Å². The number of piperidine rings is 1. The van der Waals surface area contributed by atoms with Crippen LogP contribution in [-0.2, 0) is 32.2 Å². The Morgan fingerprint density at radius 2 is 1.65 bits per heavy atom. The number of methoxy groups -OCH3 is 2. The lowest BCUT2D eigenvalue weighted by atomic mass is 9.81. The van der Waals surface area contributed by atoms with Crippen LogP contribution in [0.15, 0.2) is 103 Å². The van der Waals surface area contributed by atoms with E-state index in [0.717, 1.165) is 59.1 Å². The molecule has 0 bridgehead atoms. The first-order chi connectivity index (χ1) is 25.5. The molecule has 4 aromatic carbocycles. The van der Waals surface area contributed by atoms with Gasteiger partial charge in [-0.25, -0.2) is 4.79 Å². The van der Waals surface area contributed by atoms with Crippen molar-refractivity contribution >= 4 is 23.4 Å². The highest BCUT2D eigenvalue weighted by atomic mass is 16.6. The van der Waals surface area contributed by atoms with Gasteiger partial charge >= 0.3 is 6.09 Å². The molecule has 1 fully saturated rings. The normalized spacial score (nSPS) is 18.2. The van der Waals surface area contributed by atoms with E-state index in [4.69, 9.17) is 23.7 Å². The summed E-state index contributed by atoms with van der Waals surface area (Å²) in [5.74, 6) is 1.49. The fourth-order valence-electron chi connectivity index (χ4n) is 7.00. The second-order valence-electron chi connectivity index (χ2n) is 13.2. The number of carbonyl (C=O) groups excluding carboxylic acids is 2. The predicted octanol–water partition coefficient (Wildman–Crippen LogP) is 7.43. The van der Waals surface area contributed by atoms with Gasteiger partial charge in [-0.3, -0.25) is 4.79 Å². The van der Waals surface area contributed by atoms with E-state index in [9.17, 15) is 9.59 Å². The molecule has 0 aromatic heterocycles. The number of fused-ring (bicyclic) bond motifs is 1. The Morgan fingerprint density at radius 3 is 2.40 bits per heavy atom. The van der Waals surface area contributed by atoms with Gasteiger partial charge in [0, 0.05) is 44.3 Å². The van der Waals surface area contributed by atoms with Crippen LogP contribution in [0, 0.1) is 0 Å². The molecule has 52 heavy (non-hydrogen) atoms. The summed E-state index contributed by atoms with van der Waals surface area (Å²) in [6.45, 7) is 3.86. The lowest BCUT2D eigenvalue weighted by Gasteiger charge is -2.43. The summed E-state index contributed by atoms with van der Waals surface area (Å²) in [5.41, 5.74) is 4.81. The summed E-state index contributed by atoms with van der Waals surface area (Å²) >= 11 is 0. The summed E-state index contributed by atoms with van der Waals surface area (Å²) in [6.07, 6.45) is 1.49. The smallest absolute Gasteiger partial charge is 0.410 e. The van der Waals surface area contributed by atoms with Crippen molar-refractivity contribution in [3.8, 4) is 11.5 Å². The molecule has 0 radical (unpaired) electrons. The van der Waals surface area contributed by atoms with Crippen LogP contribution >= 0.6 is 0 Å². The van der Waals surface area contributed by atoms with E-state index in [2.05, 4.69) is 28.4 Å². The highest BCUT2D eigenvalue weighted by molar-refractivity contribution is 5.90. The van der Waals surface area contributed by atoms with Crippen molar-refractivity contribution in [2.45, 2.75) is 57.0 Å². The molecular weight excluding hydrogens is 658 g/mol. The van der Waals surface area contributed by atoms with Gasteiger partial charge in [0.15, 0.2) is 0 Å². The maximum absolute atomic E-state index is 13.9. The standard InChI is InChI=1S/C42H49N3O7/c1-48-24-9-22-44-23-25-50-39-20-14-32(26-38(39)44)30-51-40-28-45(42(47)52-29-31-10-5-3-6-11-31)35(17-21-41(46)43-34-12-7-4-8-13-34)27-37(40)33-15-18-36(49-2)19-16-33/h3-8,10-16,18-20,26,35,37,40H,9,17,21-25,27-30H2,1-2H3,(H,43,46)/t35-,37-,40+/m1/s1. The van der Waals surface area contributed by atoms with Crippen LogP contribution in [0.3, 0.4) is 0 Å². The number of anilines is 2. The van der Waals surface area contributed by atoms with Gasteiger partial charge in [0.2, 0.25) is 5.91 Å². The first-order valence-corrected chi connectivity index (χ1v) is 18.1. The average molecular weight is 708 g/mol. The quantitative estimate of drug-likeness (QED) is 0.128. The molecule has 274 valence electrons. The molecule has 1 N–H and O–H groups in total. The lowest BCUT2D eigenvalue weighted by molar-refractivity contribution is -0.116. The molecule has 10 heteroatoms. The first kappa shape index (κ1) is 36.7.